The van der Waals surface area contributed by atoms with Gasteiger partial charge in [-0.3, -0.25) is 24.0 Å². The molecule has 0 bridgehead atoms. The molecule has 0 heterocycles. The number of ether oxygens (including phenoxy) is 1. The van der Waals surface area contributed by atoms with Gasteiger partial charge in [0.2, 0.25) is 11.8 Å². The zero-order chi connectivity index (χ0) is 30.0. The minimum absolute atomic E-state index is 0.0118. The molecule has 0 radical (unpaired) electrons. The van der Waals surface area contributed by atoms with Gasteiger partial charge in [0.15, 0.2) is 0 Å². The van der Waals surface area contributed by atoms with Crippen LogP contribution in [0.2, 0.25) is 0 Å². The monoisotopic (exact) mass is 582 g/mol. The van der Waals surface area contributed by atoms with Crippen molar-refractivity contribution >= 4 is 33.2 Å². The van der Waals surface area contributed by atoms with Gasteiger partial charge in [-0.25, -0.2) is 8.42 Å². The zero-order valence-electron chi connectivity index (χ0n) is 23.2. The number of non-ortho nitro benzene ring substituents is 1. The normalized spacial score (nSPS) is 11.8. The van der Waals surface area contributed by atoms with E-state index in [0.717, 1.165) is 17.1 Å². The van der Waals surface area contributed by atoms with E-state index in [1.54, 1.807) is 49.4 Å². The number of unbranched alkanes of at least 4 members (excludes halogenated alkanes) is 1. The average molecular weight is 583 g/mol. The van der Waals surface area contributed by atoms with E-state index in [-0.39, 0.29) is 28.7 Å². The molecular formula is C29H34N4O7S. The zero-order valence-corrected chi connectivity index (χ0v) is 24.0. The van der Waals surface area contributed by atoms with Gasteiger partial charge in [0.25, 0.3) is 15.7 Å². The maximum Gasteiger partial charge on any atom is 0.269 e. The molecule has 0 aliphatic rings. The number of carbonyl (C=O) groups excluding carboxylic acids is 2. The Morgan fingerprint density at radius 1 is 1.02 bits per heavy atom. The highest BCUT2D eigenvalue weighted by atomic mass is 32.2. The van der Waals surface area contributed by atoms with Gasteiger partial charge in [-0.15, -0.1) is 0 Å². The number of hydrogen-bond acceptors (Lipinski definition) is 7. The Kier molecular flexibility index (Phi) is 10.8. The molecule has 1 atom stereocenters. The molecule has 2 amide bonds. The van der Waals surface area contributed by atoms with Gasteiger partial charge in [0.1, 0.15) is 18.3 Å². The third kappa shape index (κ3) is 8.04. The first kappa shape index (κ1) is 31.1. The summed E-state index contributed by atoms with van der Waals surface area (Å²) in [6.07, 6.45) is 1.65. The van der Waals surface area contributed by atoms with E-state index in [9.17, 15) is 28.1 Å². The van der Waals surface area contributed by atoms with Gasteiger partial charge in [0.05, 0.1) is 22.6 Å². The molecular weight excluding hydrogens is 548 g/mol. The summed E-state index contributed by atoms with van der Waals surface area (Å²) in [6, 6.07) is 18.6. The smallest absolute Gasteiger partial charge is 0.269 e. The Hall–Kier alpha value is -4.45. The highest BCUT2D eigenvalue weighted by Crippen LogP contribution is 2.26. The molecule has 12 heteroatoms. The SMILES string of the molecule is CCCCNC(=O)[C@@H](C)N(Cc1cccc(OC)c1)C(=O)CN(c1ccc([N+](=O)[O-])cc1)S(=O)(=O)c1ccccc1. The molecule has 0 saturated heterocycles. The molecule has 0 saturated carbocycles. The van der Waals surface area contributed by atoms with Gasteiger partial charge in [-0.05, 0) is 55.3 Å². The first-order valence-electron chi connectivity index (χ1n) is 13.1. The standard InChI is InChI=1S/C29H34N4O7S/c1-4-5-18-30-29(35)22(2)31(20-23-10-9-11-26(19-23)40-3)28(34)21-32(24-14-16-25(17-15-24)33(36)37)41(38,39)27-12-7-6-8-13-27/h6-17,19,22H,4-5,18,20-21H2,1-3H3,(H,30,35)/t22-/m1/s1. The van der Waals surface area contributed by atoms with Crippen molar-refractivity contribution in [3.05, 3.63) is 94.5 Å². The fourth-order valence-electron chi connectivity index (χ4n) is 4.08. The number of rotatable bonds is 14. The van der Waals surface area contributed by atoms with E-state index in [1.165, 1.54) is 48.4 Å². The van der Waals surface area contributed by atoms with Crippen molar-refractivity contribution in [3.63, 3.8) is 0 Å². The number of sulfonamides is 1. The number of amides is 2. The Balaban J connectivity index is 2.02. The molecule has 0 spiro atoms. The Morgan fingerprint density at radius 2 is 1.71 bits per heavy atom. The number of carbonyl (C=O) groups is 2. The average Bonchev–Trinajstić information content (AvgIpc) is 2.98. The van der Waals surface area contributed by atoms with E-state index < -0.39 is 33.4 Å². The van der Waals surface area contributed by atoms with Crippen LogP contribution in [0.25, 0.3) is 0 Å². The summed E-state index contributed by atoms with van der Waals surface area (Å²) in [4.78, 5) is 38.8. The molecule has 0 aromatic heterocycles. The fraction of sp³-hybridized carbons (Fsp3) is 0.310. The molecule has 0 aliphatic carbocycles. The third-order valence-electron chi connectivity index (χ3n) is 6.44. The van der Waals surface area contributed by atoms with Crippen molar-refractivity contribution in [1.82, 2.24) is 10.2 Å². The molecule has 41 heavy (non-hydrogen) atoms. The van der Waals surface area contributed by atoms with Crippen LogP contribution in [-0.2, 0) is 26.2 Å². The van der Waals surface area contributed by atoms with Crippen molar-refractivity contribution in [2.24, 2.45) is 0 Å². The van der Waals surface area contributed by atoms with E-state index >= 15 is 0 Å². The summed E-state index contributed by atoms with van der Waals surface area (Å²) < 4.78 is 33.7. The fourth-order valence-corrected chi connectivity index (χ4v) is 5.51. The van der Waals surface area contributed by atoms with Gasteiger partial charge < -0.3 is 15.0 Å². The minimum Gasteiger partial charge on any atom is -0.497 e. The van der Waals surface area contributed by atoms with Crippen LogP contribution in [0.4, 0.5) is 11.4 Å². The van der Waals surface area contributed by atoms with E-state index in [2.05, 4.69) is 5.32 Å². The Morgan fingerprint density at radius 3 is 2.32 bits per heavy atom. The molecule has 0 fully saturated rings. The summed E-state index contributed by atoms with van der Waals surface area (Å²) in [5.41, 5.74) is 0.516. The second-order valence-electron chi connectivity index (χ2n) is 9.29. The van der Waals surface area contributed by atoms with Crippen molar-refractivity contribution in [2.45, 2.75) is 44.2 Å². The second kappa shape index (κ2) is 14.3. The molecule has 0 unspecified atom stereocenters. The van der Waals surface area contributed by atoms with E-state index in [0.29, 0.717) is 17.9 Å². The highest BCUT2D eigenvalue weighted by molar-refractivity contribution is 7.92. The summed E-state index contributed by atoms with van der Waals surface area (Å²) in [5.74, 6) is -0.444. The van der Waals surface area contributed by atoms with Crippen LogP contribution in [0.15, 0.2) is 83.8 Å². The number of nitro benzene ring substituents is 1. The van der Waals surface area contributed by atoms with Crippen LogP contribution in [0.1, 0.15) is 32.3 Å². The Labute approximate surface area is 239 Å². The molecule has 3 aromatic rings. The second-order valence-corrected chi connectivity index (χ2v) is 11.2. The first-order chi connectivity index (χ1) is 19.6. The van der Waals surface area contributed by atoms with E-state index in [4.69, 9.17) is 4.74 Å². The number of nitrogens with zero attached hydrogens (tertiary/aromatic N) is 3. The lowest BCUT2D eigenvalue weighted by Gasteiger charge is -2.32. The van der Waals surface area contributed by atoms with Crippen molar-refractivity contribution in [2.75, 3.05) is 24.5 Å². The van der Waals surface area contributed by atoms with Gasteiger partial charge >= 0.3 is 0 Å². The maximum atomic E-state index is 13.9. The quantitative estimate of drug-likeness (QED) is 0.171. The van der Waals surface area contributed by atoms with Crippen molar-refractivity contribution in [3.8, 4) is 5.75 Å². The number of nitrogens with one attached hydrogen (secondary N) is 1. The van der Waals surface area contributed by atoms with Crippen LogP contribution >= 0.6 is 0 Å². The molecule has 218 valence electrons. The number of methoxy groups -OCH3 is 1. The lowest BCUT2D eigenvalue weighted by atomic mass is 10.1. The van der Waals surface area contributed by atoms with Crippen LogP contribution in [0, 0.1) is 10.1 Å². The summed E-state index contributed by atoms with van der Waals surface area (Å²) in [6.45, 7) is 3.39. The maximum absolute atomic E-state index is 13.9. The molecule has 1 N–H and O–H groups in total. The number of hydrogen-bond donors (Lipinski definition) is 1. The van der Waals surface area contributed by atoms with Crippen molar-refractivity contribution < 1.29 is 27.7 Å². The number of anilines is 1. The van der Waals surface area contributed by atoms with Gasteiger partial charge in [-0.2, -0.15) is 0 Å². The van der Waals surface area contributed by atoms with Crippen LogP contribution in [0.5, 0.6) is 5.75 Å². The highest BCUT2D eigenvalue weighted by Gasteiger charge is 2.32. The lowest BCUT2D eigenvalue weighted by molar-refractivity contribution is -0.384. The molecule has 0 aliphatic heterocycles. The van der Waals surface area contributed by atoms with E-state index in [1.807, 2.05) is 6.92 Å². The summed E-state index contributed by atoms with van der Waals surface area (Å²) in [5, 5.41) is 14.0. The first-order valence-corrected chi connectivity index (χ1v) is 14.5. The summed E-state index contributed by atoms with van der Waals surface area (Å²) in [7, 11) is -2.75. The lowest BCUT2D eigenvalue weighted by Crippen LogP contribution is -2.51. The predicted octanol–water partition coefficient (Wildman–Crippen LogP) is 4.13. The van der Waals surface area contributed by atoms with Gasteiger partial charge in [0, 0.05) is 25.2 Å². The largest absolute Gasteiger partial charge is 0.497 e. The number of nitro groups is 1. The van der Waals surface area contributed by atoms with Gasteiger partial charge in [-0.1, -0.05) is 43.7 Å². The number of benzene rings is 3. The molecule has 3 aromatic carbocycles. The third-order valence-corrected chi connectivity index (χ3v) is 8.23. The van der Waals surface area contributed by atoms with Crippen molar-refractivity contribution in [1.29, 1.82) is 0 Å². The molecule has 11 nitrogen and oxygen atoms in total. The molecule has 3 rings (SSSR count). The summed E-state index contributed by atoms with van der Waals surface area (Å²) >= 11 is 0. The predicted molar refractivity (Wildman–Crippen MR) is 155 cm³/mol. The van der Waals surface area contributed by atoms with Crippen LogP contribution in [-0.4, -0.2) is 56.3 Å². The van der Waals surface area contributed by atoms with Crippen LogP contribution in [0.3, 0.4) is 0 Å². The minimum atomic E-state index is -4.27. The Bertz CT molecular complexity index is 1450. The topological polar surface area (TPSA) is 139 Å². The van der Waals surface area contributed by atoms with Crippen LogP contribution < -0.4 is 14.4 Å².